The molecule has 0 aliphatic carbocycles. The molecule has 0 heterocycles. The van der Waals surface area contributed by atoms with Crippen LogP contribution in [0, 0.1) is 3.57 Å². The summed E-state index contributed by atoms with van der Waals surface area (Å²) in [5.74, 6) is 0. The van der Waals surface area contributed by atoms with Gasteiger partial charge in [-0.25, -0.2) is 5.54 Å². The van der Waals surface area contributed by atoms with E-state index >= 15 is 0 Å². The highest BCUT2D eigenvalue weighted by Gasteiger charge is 1.97. The molecule has 1 N–H and O–H groups in total. The van der Waals surface area contributed by atoms with Crippen LogP contribution >= 0.6 is 38.5 Å². The van der Waals surface area contributed by atoms with Gasteiger partial charge in [0.15, 0.2) is 0 Å². The summed E-state index contributed by atoms with van der Waals surface area (Å²) < 4.78 is 13.6. The Labute approximate surface area is 80.2 Å². The molecule has 0 aliphatic rings. The summed E-state index contributed by atoms with van der Waals surface area (Å²) in [4.78, 5) is 0. The van der Waals surface area contributed by atoms with Gasteiger partial charge in [-0.05, 0) is 56.7 Å². The second-order valence-electron chi connectivity index (χ2n) is 1.72. The number of nitrogens with one attached hydrogen (secondary N) is 1. The van der Waals surface area contributed by atoms with Gasteiger partial charge in [-0.2, -0.15) is 0 Å². The molecule has 54 valence electrons. The normalized spacial score (nSPS) is 9.50. The molecule has 1 rings (SSSR count). The van der Waals surface area contributed by atoms with Crippen molar-refractivity contribution in [1.82, 2.24) is 0 Å². The van der Waals surface area contributed by atoms with Gasteiger partial charge in [0.25, 0.3) is 0 Å². The first-order chi connectivity index (χ1) is 4.74. The van der Waals surface area contributed by atoms with Crippen LogP contribution in [0.1, 0.15) is 0 Å². The standard InChI is InChI=1S/C6H4BrFIN/c7-5-3-4(9)1-2-6(5)10-8/h1-3,10H. The van der Waals surface area contributed by atoms with Crippen LogP contribution in [-0.2, 0) is 0 Å². The van der Waals surface area contributed by atoms with Gasteiger partial charge in [0.05, 0.1) is 5.69 Å². The predicted octanol–water partition coefficient (Wildman–Crippen LogP) is 3.35. The summed E-state index contributed by atoms with van der Waals surface area (Å²) >= 11 is 5.36. The van der Waals surface area contributed by atoms with Crippen molar-refractivity contribution in [2.45, 2.75) is 0 Å². The summed E-state index contributed by atoms with van der Waals surface area (Å²) in [5, 5.41) is 0. The molecule has 0 atom stereocenters. The second-order valence-corrected chi connectivity index (χ2v) is 3.82. The molecule has 0 saturated heterocycles. The lowest BCUT2D eigenvalue weighted by molar-refractivity contribution is 0.617. The number of rotatable bonds is 1. The molecule has 0 spiro atoms. The SMILES string of the molecule is FNc1ccc(I)cc1Br. The van der Waals surface area contributed by atoms with Crippen LogP contribution in [0.25, 0.3) is 0 Å². The lowest BCUT2D eigenvalue weighted by atomic mass is 10.3. The van der Waals surface area contributed by atoms with Gasteiger partial charge in [-0.1, -0.05) is 0 Å². The van der Waals surface area contributed by atoms with Crippen molar-refractivity contribution in [3.63, 3.8) is 0 Å². The van der Waals surface area contributed by atoms with Crippen LogP contribution in [0.4, 0.5) is 10.2 Å². The van der Waals surface area contributed by atoms with Crippen molar-refractivity contribution in [3.05, 3.63) is 26.2 Å². The minimum Gasteiger partial charge on any atom is -0.223 e. The Morgan fingerprint density at radius 2 is 2.20 bits per heavy atom. The van der Waals surface area contributed by atoms with Crippen LogP contribution in [0.5, 0.6) is 0 Å². The van der Waals surface area contributed by atoms with Crippen molar-refractivity contribution in [2.75, 3.05) is 5.54 Å². The lowest BCUT2D eigenvalue weighted by Gasteiger charge is -1.98. The van der Waals surface area contributed by atoms with Crippen LogP contribution in [0.15, 0.2) is 22.7 Å². The Balaban J connectivity index is 3.07. The van der Waals surface area contributed by atoms with E-state index in [-0.39, 0.29) is 0 Å². The molecule has 0 aliphatic heterocycles. The number of halogens is 3. The molecule has 10 heavy (non-hydrogen) atoms. The van der Waals surface area contributed by atoms with Gasteiger partial charge in [0, 0.05) is 8.04 Å². The third kappa shape index (κ3) is 1.82. The Morgan fingerprint density at radius 3 is 2.70 bits per heavy atom. The largest absolute Gasteiger partial charge is 0.223 e. The smallest absolute Gasteiger partial charge is 0.0798 e. The van der Waals surface area contributed by atoms with E-state index < -0.39 is 0 Å². The highest BCUT2D eigenvalue weighted by atomic mass is 127. The molecule has 4 heteroatoms. The summed E-state index contributed by atoms with van der Waals surface area (Å²) in [6, 6.07) is 5.33. The van der Waals surface area contributed by atoms with Crippen molar-refractivity contribution in [3.8, 4) is 0 Å². The first-order valence-electron chi connectivity index (χ1n) is 2.55. The maximum Gasteiger partial charge on any atom is 0.0798 e. The third-order valence-electron chi connectivity index (χ3n) is 1.03. The number of anilines is 1. The molecule has 1 aromatic rings. The molecule has 1 nitrogen and oxygen atoms in total. The molecular formula is C6H4BrFIN. The summed E-state index contributed by atoms with van der Waals surface area (Å²) in [7, 11) is 0. The van der Waals surface area contributed by atoms with E-state index in [1.54, 1.807) is 11.6 Å². The zero-order valence-corrected chi connectivity index (χ0v) is 8.61. The van der Waals surface area contributed by atoms with E-state index in [0.29, 0.717) is 5.69 Å². The number of hydrogen-bond acceptors (Lipinski definition) is 1. The monoisotopic (exact) mass is 315 g/mol. The minimum atomic E-state index is 0.459. The van der Waals surface area contributed by atoms with Crippen molar-refractivity contribution < 1.29 is 4.48 Å². The average molecular weight is 316 g/mol. The molecule has 0 amide bonds. The Hall–Kier alpha value is 0.160. The molecule has 0 unspecified atom stereocenters. The summed E-state index contributed by atoms with van der Waals surface area (Å²) in [5.41, 5.74) is 2.03. The lowest BCUT2D eigenvalue weighted by Crippen LogP contribution is -1.83. The molecule has 1 aromatic carbocycles. The minimum absolute atomic E-state index is 0.459. The quantitative estimate of drug-likeness (QED) is 0.619. The van der Waals surface area contributed by atoms with Crippen molar-refractivity contribution >= 4 is 44.2 Å². The first-order valence-corrected chi connectivity index (χ1v) is 4.43. The third-order valence-corrected chi connectivity index (χ3v) is 2.36. The van der Waals surface area contributed by atoms with Crippen LogP contribution < -0.4 is 5.54 Å². The zero-order chi connectivity index (χ0) is 7.56. The van der Waals surface area contributed by atoms with Gasteiger partial charge < -0.3 is 0 Å². The van der Waals surface area contributed by atoms with Gasteiger partial charge in [-0.3, -0.25) is 0 Å². The average Bonchev–Trinajstić information content (AvgIpc) is 1.88. The molecular weight excluding hydrogens is 312 g/mol. The summed E-state index contributed by atoms with van der Waals surface area (Å²) in [6.07, 6.45) is 0. The van der Waals surface area contributed by atoms with E-state index in [1.165, 1.54) is 0 Å². The van der Waals surface area contributed by atoms with Crippen molar-refractivity contribution in [2.24, 2.45) is 0 Å². The molecule has 0 aromatic heterocycles. The van der Waals surface area contributed by atoms with Gasteiger partial charge in [-0.15, -0.1) is 4.48 Å². The molecule has 0 saturated carbocycles. The maximum absolute atomic E-state index is 11.8. The Morgan fingerprint density at radius 1 is 1.50 bits per heavy atom. The van der Waals surface area contributed by atoms with E-state index in [4.69, 9.17) is 0 Å². The zero-order valence-electron chi connectivity index (χ0n) is 4.87. The Kier molecular flexibility index (Phi) is 2.91. The summed E-state index contributed by atoms with van der Waals surface area (Å²) in [6.45, 7) is 0. The second kappa shape index (κ2) is 3.52. The van der Waals surface area contributed by atoms with E-state index in [9.17, 15) is 4.48 Å². The first kappa shape index (κ1) is 8.26. The number of hydrogen-bond donors (Lipinski definition) is 1. The maximum atomic E-state index is 11.8. The fraction of sp³-hybridized carbons (Fsp3) is 0. The van der Waals surface area contributed by atoms with Gasteiger partial charge in [0.1, 0.15) is 0 Å². The van der Waals surface area contributed by atoms with E-state index in [1.807, 2.05) is 12.1 Å². The van der Waals surface area contributed by atoms with Crippen LogP contribution in [0.3, 0.4) is 0 Å². The highest BCUT2D eigenvalue weighted by molar-refractivity contribution is 14.1. The molecule has 0 bridgehead atoms. The van der Waals surface area contributed by atoms with Gasteiger partial charge in [0.2, 0.25) is 0 Å². The molecule has 0 fully saturated rings. The fourth-order valence-electron chi connectivity index (χ4n) is 0.566. The fourth-order valence-corrected chi connectivity index (χ4v) is 1.94. The molecule has 0 radical (unpaired) electrons. The highest BCUT2D eigenvalue weighted by Crippen LogP contribution is 2.24. The van der Waals surface area contributed by atoms with Gasteiger partial charge >= 0.3 is 0 Å². The topological polar surface area (TPSA) is 12.0 Å². The van der Waals surface area contributed by atoms with Crippen molar-refractivity contribution in [1.29, 1.82) is 0 Å². The predicted molar refractivity (Wildman–Crippen MR) is 51.6 cm³/mol. The van der Waals surface area contributed by atoms with E-state index in [0.717, 1.165) is 8.04 Å². The van der Waals surface area contributed by atoms with Crippen LogP contribution in [-0.4, -0.2) is 0 Å². The number of benzene rings is 1. The van der Waals surface area contributed by atoms with Crippen LogP contribution in [0.2, 0.25) is 0 Å². The Bertz CT molecular complexity index is 241. The van der Waals surface area contributed by atoms with E-state index in [2.05, 4.69) is 38.5 Å².